The minimum absolute atomic E-state index is 0.0183. The van der Waals surface area contributed by atoms with E-state index in [1.165, 1.54) is 25.7 Å². The maximum atomic E-state index is 14.3. The maximum absolute atomic E-state index is 14.3. The Morgan fingerprint density at radius 1 is 0.380 bits per heavy atom. The predicted octanol–water partition coefficient (Wildman–Crippen LogP) is 11.3. The van der Waals surface area contributed by atoms with E-state index in [1.807, 2.05) is 0 Å². The van der Waals surface area contributed by atoms with Crippen molar-refractivity contribution in [2.24, 2.45) is 94.7 Å². The van der Waals surface area contributed by atoms with Gasteiger partial charge in [-0.05, 0) is 12.8 Å². The van der Waals surface area contributed by atoms with E-state index in [0.29, 0.717) is 95.8 Å². The van der Waals surface area contributed by atoms with Crippen LogP contribution in [-0.2, 0) is 38.1 Å². The van der Waals surface area contributed by atoms with Crippen LogP contribution in [0.25, 0.3) is 0 Å². The molecule has 2 aromatic carbocycles. The molecule has 0 unspecified atom stereocenters. The van der Waals surface area contributed by atoms with Crippen molar-refractivity contribution in [3.63, 3.8) is 0 Å². The van der Waals surface area contributed by atoms with Gasteiger partial charge in [0.15, 0.2) is 0 Å². The molecule has 0 heterocycles. The Morgan fingerprint density at radius 2 is 0.658 bits per heavy atom. The zero-order valence-electron chi connectivity index (χ0n) is 46.7. The molecule has 0 spiro atoms. The quantitative estimate of drug-likeness (QED) is 0.0796. The molecule has 0 aromatic heterocycles. The fourth-order valence-electron chi connectivity index (χ4n) is 20.7. The van der Waals surface area contributed by atoms with Crippen LogP contribution in [0.1, 0.15) is 156 Å². The van der Waals surface area contributed by atoms with Gasteiger partial charge in [0.2, 0.25) is 0 Å². The number of hydrogen-bond acceptors (Lipinski definition) is 12. The number of esters is 4. The molecule has 18 rings (SSSR count). The van der Waals surface area contributed by atoms with E-state index in [2.05, 4.69) is 27.7 Å². The van der Waals surface area contributed by atoms with E-state index in [-0.39, 0.29) is 29.8 Å². The molecule has 16 aliphatic carbocycles. The van der Waals surface area contributed by atoms with Gasteiger partial charge >= 0.3 is 468 Å². The monoisotopic (exact) mass is 1240 g/mol. The first kappa shape index (κ1) is 53.9. The fourth-order valence-corrected chi connectivity index (χ4v) is 27.6. The number of benzene rings is 2. The molecular weight excluding hydrogens is 1160 g/mol. The molecule has 16 fully saturated rings. The van der Waals surface area contributed by atoms with Crippen LogP contribution in [0, 0.1) is 94.7 Å². The molecular formula is C64H82Cl2O12Te. The van der Waals surface area contributed by atoms with E-state index >= 15 is 0 Å². The summed E-state index contributed by atoms with van der Waals surface area (Å²) in [6.07, 6.45) is 22.5. The third-order valence-corrected chi connectivity index (χ3v) is 33.8. The average Bonchev–Trinajstić information content (AvgIpc) is 3.45. The average molecular weight is 1240 g/mol. The number of hydrogen-bond donors (Lipinski definition) is 0. The second-order valence-electron chi connectivity index (χ2n) is 28.7. The van der Waals surface area contributed by atoms with Gasteiger partial charge in [-0.25, -0.2) is 0 Å². The number of carbonyl (C=O) groups is 4. The van der Waals surface area contributed by atoms with Crippen molar-refractivity contribution in [2.75, 3.05) is 26.4 Å². The molecule has 0 aliphatic heterocycles. The van der Waals surface area contributed by atoms with Gasteiger partial charge in [0.1, 0.15) is 0 Å². The van der Waals surface area contributed by atoms with Crippen molar-refractivity contribution >= 4 is 65.0 Å². The summed E-state index contributed by atoms with van der Waals surface area (Å²) >= 11 is -4.61. The topological polar surface area (TPSA) is 142 Å². The summed E-state index contributed by atoms with van der Waals surface area (Å²) in [6.45, 7) is 6.78. The van der Waals surface area contributed by atoms with Crippen LogP contribution in [-0.4, -0.2) is 88.6 Å². The van der Waals surface area contributed by atoms with Crippen molar-refractivity contribution < 1.29 is 57.1 Å². The van der Waals surface area contributed by atoms with E-state index in [1.54, 1.807) is 36.4 Å². The first-order chi connectivity index (χ1) is 37.8. The van der Waals surface area contributed by atoms with Crippen LogP contribution >= 0.6 is 17.9 Å². The van der Waals surface area contributed by atoms with Gasteiger partial charge in [0.05, 0.1) is 0 Å². The number of rotatable bonds is 18. The van der Waals surface area contributed by atoms with Crippen LogP contribution in [0.2, 0.25) is 0 Å². The van der Waals surface area contributed by atoms with E-state index in [4.69, 9.17) is 55.8 Å². The van der Waals surface area contributed by atoms with Crippen LogP contribution in [0.15, 0.2) is 36.4 Å². The van der Waals surface area contributed by atoms with Gasteiger partial charge in [-0.3, -0.25) is 0 Å². The Hall–Kier alpha value is -3.11. The van der Waals surface area contributed by atoms with Crippen molar-refractivity contribution in [1.29, 1.82) is 0 Å². The normalized spacial score (nSPS) is 43.1. The molecule has 15 heteroatoms. The third kappa shape index (κ3) is 9.57. The first-order valence-electron chi connectivity index (χ1n) is 30.7. The third-order valence-electron chi connectivity index (χ3n) is 24.2. The number of carbonyl (C=O) groups excluding carboxylic acids is 4. The molecule has 0 N–H and O–H groups in total. The molecule has 0 saturated heterocycles. The fraction of sp³-hybridized carbons (Fsp3) is 0.750. The Morgan fingerprint density at radius 3 is 0.975 bits per heavy atom. The molecule has 2 aromatic rings. The van der Waals surface area contributed by atoms with Crippen LogP contribution in [0.3, 0.4) is 0 Å². The van der Waals surface area contributed by atoms with Gasteiger partial charge in [0, 0.05) is 0 Å². The Kier molecular flexibility index (Phi) is 13.7. The second kappa shape index (κ2) is 20.0. The molecule has 12 nitrogen and oxygen atoms in total. The molecule has 0 atom stereocenters. The standard InChI is InChI=1S/C64H82Cl2O12Te/c1-61(43-15-35-11-36(17-43)18-44(61)16-35)75-55(67)31-71-51-5-7-52(8-6-51)79(65,66)54-10-9-53(72-32-56(68)76-62(2)45-19-37-12-38(21-45)22-46(62)20-37)59(73-33-57(69)77-63(3)47-23-39-13-40(25-47)26-48(63)24-39)60(54)74-34-58(70)78-64(4)49-27-41-14-42(29-49)30-50(64)28-41/h5-10,35-50H,11-34H2,1-4H3. The van der Waals surface area contributed by atoms with E-state index in [9.17, 15) is 19.2 Å². The minimum atomic E-state index is -4.61. The Balaban J connectivity index is 0.737. The molecule has 16 bridgehead atoms. The Bertz CT molecular complexity index is 2630. The van der Waals surface area contributed by atoms with Crippen molar-refractivity contribution in [2.45, 2.75) is 179 Å². The molecule has 0 amide bonds. The van der Waals surface area contributed by atoms with Crippen LogP contribution in [0.5, 0.6) is 23.0 Å². The van der Waals surface area contributed by atoms with Gasteiger partial charge < -0.3 is 0 Å². The molecule has 0 radical (unpaired) electrons. The second-order valence-corrected chi connectivity index (χ2v) is 41.2. The van der Waals surface area contributed by atoms with Gasteiger partial charge in [0.25, 0.3) is 0 Å². The predicted molar refractivity (Wildman–Crippen MR) is 298 cm³/mol. The van der Waals surface area contributed by atoms with Gasteiger partial charge in [-0.1, -0.05) is 0 Å². The zero-order chi connectivity index (χ0) is 54.4. The summed E-state index contributed by atoms with van der Waals surface area (Å²) in [5.74, 6) is 6.91. The molecule has 16 aliphatic rings. The van der Waals surface area contributed by atoms with Crippen molar-refractivity contribution in [3.05, 3.63) is 36.4 Å². The summed E-state index contributed by atoms with van der Waals surface area (Å²) < 4.78 is 52.4. The number of ether oxygens (including phenoxy) is 8. The van der Waals surface area contributed by atoms with Gasteiger partial charge in [-0.15, -0.1) is 0 Å². The van der Waals surface area contributed by atoms with E-state index < -0.39 is 76.1 Å². The van der Waals surface area contributed by atoms with Gasteiger partial charge in [-0.2, -0.15) is 0 Å². The van der Waals surface area contributed by atoms with Crippen molar-refractivity contribution in [3.8, 4) is 23.0 Å². The summed E-state index contributed by atoms with van der Waals surface area (Å²) in [5, 5.41) is 0. The van der Waals surface area contributed by atoms with Crippen LogP contribution < -0.4 is 26.2 Å². The zero-order valence-corrected chi connectivity index (χ0v) is 50.6. The van der Waals surface area contributed by atoms with Crippen LogP contribution in [0.4, 0.5) is 0 Å². The van der Waals surface area contributed by atoms with E-state index in [0.717, 1.165) is 115 Å². The summed E-state index contributed by atoms with van der Waals surface area (Å²) in [5.41, 5.74) is -2.25. The summed E-state index contributed by atoms with van der Waals surface area (Å²) in [4.78, 5) is 56.1. The van der Waals surface area contributed by atoms with Crippen molar-refractivity contribution in [1.82, 2.24) is 0 Å². The molecule has 79 heavy (non-hydrogen) atoms. The number of halogens is 2. The first-order valence-corrected chi connectivity index (χ1v) is 38.9. The SMILES string of the molecule is CC1(OC(=O)COc2ccc([Te](Cl)(Cl)c3ccc(OCC(=O)OC4(C)C5CC6CC(C5)CC4C6)c(OCC(=O)OC4(C)C5CC6CC(C5)CC4C6)c3OCC(=O)OC3(C)C4CC5CC(C4)CC3C5)cc2)C2CC3CC(C2)CC1C3. The molecule has 16 saturated carbocycles. The Labute approximate surface area is 478 Å². The summed E-state index contributed by atoms with van der Waals surface area (Å²) in [6, 6.07) is 10.4. The molecule has 430 valence electrons. The summed E-state index contributed by atoms with van der Waals surface area (Å²) in [7, 11) is 15.5.